The van der Waals surface area contributed by atoms with Crippen molar-refractivity contribution in [3.63, 3.8) is 0 Å². The van der Waals surface area contributed by atoms with Crippen LogP contribution in [0.1, 0.15) is 25.7 Å². The molecule has 2 amide bonds. The van der Waals surface area contributed by atoms with Gasteiger partial charge in [0, 0.05) is 18.2 Å². The maximum absolute atomic E-state index is 12.3. The number of nitrogens with one attached hydrogen (secondary N) is 2. The number of hydrogen-bond donors (Lipinski definition) is 2. The zero-order chi connectivity index (χ0) is 16.4. The Balaban J connectivity index is 1.69. The molecular weight excluding hydrogens is 296 g/mol. The highest BCUT2D eigenvalue weighted by atomic mass is 16.5. The number of benzene rings is 1. The minimum Gasteiger partial charge on any atom is -0.493 e. The van der Waals surface area contributed by atoms with E-state index in [1.165, 1.54) is 25.7 Å². The Morgan fingerprint density at radius 2 is 1.52 bits per heavy atom. The van der Waals surface area contributed by atoms with Gasteiger partial charge < -0.3 is 24.8 Å². The van der Waals surface area contributed by atoms with Gasteiger partial charge >= 0.3 is 6.03 Å². The first-order valence-corrected chi connectivity index (χ1v) is 8.03. The first kappa shape index (κ1) is 15.8. The highest BCUT2D eigenvalue weighted by Gasteiger charge is 2.42. The molecule has 2 aliphatic rings. The number of urea groups is 1. The van der Waals surface area contributed by atoms with Gasteiger partial charge in [0.15, 0.2) is 11.5 Å². The van der Waals surface area contributed by atoms with Gasteiger partial charge in [0.05, 0.1) is 27.0 Å². The van der Waals surface area contributed by atoms with E-state index in [2.05, 4.69) is 10.6 Å². The highest BCUT2D eigenvalue weighted by molar-refractivity contribution is 5.90. The summed E-state index contributed by atoms with van der Waals surface area (Å²) in [6.45, 7) is 0. The van der Waals surface area contributed by atoms with Crippen LogP contribution in [0.2, 0.25) is 0 Å². The summed E-state index contributed by atoms with van der Waals surface area (Å²) in [7, 11) is 4.66. The standard InChI is InChI=1S/C17H24N2O4/c1-21-13-8-12(9-14(22-2)16(13)23-3)18-17(20)19-15(10-4-5-10)11-6-7-11/h8-11,15H,4-7H2,1-3H3,(H2,18,19,20). The van der Waals surface area contributed by atoms with Crippen molar-refractivity contribution in [3.05, 3.63) is 12.1 Å². The second-order valence-electron chi connectivity index (χ2n) is 6.21. The number of anilines is 1. The third-order valence-electron chi connectivity index (χ3n) is 4.48. The van der Waals surface area contributed by atoms with Crippen LogP contribution in [0, 0.1) is 11.8 Å². The van der Waals surface area contributed by atoms with Gasteiger partial charge in [-0.05, 0) is 37.5 Å². The molecule has 0 radical (unpaired) electrons. The van der Waals surface area contributed by atoms with Crippen molar-refractivity contribution < 1.29 is 19.0 Å². The molecule has 0 saturated heterocycles. The van der Waals surface area contributed by atoms with Crippen molar-refractivity contribution in [2.45, 2.75) is 31.7 Å². The van der Waals surface area contributed by atoms with E-state index < -0.39 is 0 Å². The van der Waals surface area contributed by atoms with Crippen LogP contribution >= 0.6 is 0 Å². The zero-order valence-electron chi connectivity index (χ0n) is 13.8. The number of hydrogen-bond acceptors (Lipinski definition) is 4. The van der Waals surface area contributed by atoms with Crippen LogP contribution < -0.4 is 24.8 Å². The van der Waals surface area contributed by atoms with Crippen molar-refractivity contribution in [2.24, 2.45) is 11.8 Å². The molecule has 23 heavy (non-hydrogen) atoms. The highest BCUT2D eigenvalue weighted by Crippen LogP contribution is 2.44. The first-order chi connectivity index (χ1) is 11.2. The van der Waals surface area contributed by atoms with E-state index >= 15 is 0 Å². The number of methoxy groups -OCH3 is 3. The van der Waals surface area contributed by atoms with Gasteiger partial charge in [-0.1, -0.05) is 0 Å². The monoisotopic (exact) mass is 320 g/mol. The molecular formula is C17H24N2O4. The minimum atomic E-state index is -0.178. The Kier molecular flexibility index (Phi) is 4.50. The molecule has 0 heterocycles. The minimum absolute atomic E-state index is 0.178. The number of amides is 2. The van der Waals surface area contributed by atoms with Crippen LogP contribution in [-0.2, 0) is 0 Å². The summed E-state index contributed by atoms with van der Waals surface area (Å²) in [6.07, 6.45) is 4.91. The van der Waals surface area contributed by atoms with Crippen molar-refractivity contribution in [1.29, 1.82) is 0 Å². The van der Waals surface area contributed by atoms with Crippen molar-refractivity contribution in [1.82, 2.24) is 5.32 Å². The maximum Gasteiger partial charge on any atom is 0.319 e. The molecule has 1 aromatic carbocycles. The molecule has 0 aliphatic heterocycles. The fraction of sp³-hybridized carbons (Fsp3) is 0.588. The summed E-state index contributed by atoms with van der Waals surface area (Å²) >= 11 is 0. The van der Waals surface area contributed by atoms with Gasteiger partial charge in [0.1, 0.15) is 0 Å². The third-order valence-corrected chi connectivity index (χ3v) is 4.48. The van der Waals surface area contributed by atoms with Crippen LogP contribution in [0.15, 0.2) is 12.1 Å². The summed E-state index contributed by atoms with van der Waals surface area (Å²) in [5.74, 6) is 2.86. The van der Waals surface area contributed by atoms with Crippen molar-refractivity contribution in [3.8, 4) is 17.2 Å². The average Bonchev–Trinajstić information content (AvgIpc) is 3.44. The van der Waals surface area contributed by atoms with E-state index in [0.717, 1.165) is 0 Å². The van der Waals surface area contributed by atoms with E-state index in [0.29, 0.717) is 40.8 Å². The van der Waals surface area contributed by atoms with E-state index in [-0.39, 0.29) is 6.03 Å². The van der Waals surface area contributed by atoms with Crippen LogP contribution in [-0.4, -0.2) is 33.4 Å². The molecule has 1 aromatic rings. The van der Waals surface area contributed by atoms with Crippen LogP contribution in [0.5, 0.6) is 17.2 Å². The lowest BCUT2D eigenvalue weighted by atomic mass is 10.1. The normalized spacial score (nSPS) is 16.9. The molecule has 3 rings (SSSR count). The fourth-order valence-corrected chi connectivity index (χ4v) is 3.00. The molecule has 126 valence electrons. The lowest BCUT2D eigenvalue weighted by Crippen LogP contribution is -2.40. The predicted molar refractivity (Wildman–Crippen MR) is 87.5 cm³/mol. The topological polar surface area (TPSA) is 68.8 Å². The van der Waals surface area contributed by atoms with E-state index in [9.17, 15) is 4.79 Å². The third kappa shape index (κ3) is 3.63. The van der Waals surface area contributed by atoms with E-state index in [1.54, 1.807) is 33.5 Å². The maximum atomic E-state index is 12.3. The molecule has 2 aliphatic carbocycles. The summed E-state index contributed by atoms with van der Waals surface area (Å²) < 4.78 is 15.9. The second kappa shape index (κ2) is 6.56. The lowest BCUT2D eigenvalue weighted by Gasteiger charge is -2.19. The molecule has 0 unspecified atom stereocenters. The van der Waals surface area contributed by atoms with Crippen molar-refractivity contribution >= 4 is 11.7 Å². The molecule has 2 N–H and O–H groups in total. The van der Waals surface area contributed by atoms with Crippen LogP contribution in [0.25, 0.3) is 0 Å². The summed E-state index contributed by atoms with van der Waals surface area (Å²) in [5, 5.41) is 6.00. The first-order valence-electron chi connectivity index (χ1n) is 8.03. The Hall–Kier alpha value is -2.11. The Bertz CT molecular complexity index is 545. The van der Waals surface area contributed by atoms with E-state index in [4.69, 9.17) is 14.2 Å². The lowest BCUT2D eigenvalue weighted by molar-refractivity contribution is 0.245. The SMILES string of the molecule is COc1cc(NC(=O)NC(C2CC2)C2CC2)cc(OC)c1OC. The van der Waals surface area contributed by atoms with Crippen LogP contribution in [0.3, 0.4) is 0 Å². The number of rotatable bonds is 7. The van der Waals surface area contributed by atoms with Crippen LogP contribution in [0.4, 0.5) is 10.5 Å². The number of ether oxygens (including phenoxy) is 3. The molecule has 6 heteroatoms. The Labute approximate surface area is 136 Å². The largest absolute Gasteiger partial charge is 0.493 e. The number of carbonyl (C=O) groups excluding carboxylic acids is 1. The summed E-state index contributed by atoms with van der Waals surface area (Å²) in [4.78, 5) is 12.3. The molecule has 0 bridgehead atoms. The molecule has 6 nitrogen and oxygen atoms in total. The smallest absolute Gasteiger partial charge is 0.319 e. The molecule has 0 spiro atoms. The van der Waals surface area contributed by atoms with Gasteiger partial charge in [-0.2, -0.15) is 0 Å². The van der Waals surface area contributed by atoms with Gasteiger partial charge in [0.2, 0.25) is 5.75 Å². The number of carbonyl (C=O) groups is 1. The molecule has 0 aromatic heterocycles. The van der Waals surface area contributed by atoms with Crippen molar-refractivity contribution in [2.75, 3.05) is 26.6 Å². The molecule has 0 atom stereocenters. The second-order valence-corrected chi connectivity index (χ2v) is 6.21. The quantitative estimate of drug-likeness (QED) is 0.810. The summed E-state index contributed by atoms with van der Waals surface area (Å²) in [6, 6.07) is 3.59. The van der Waals surface area contributed by atoms with Gasteiger partial charge in [-0.3, -0.25) is 0 Å². The fourth-order valence-electron chi connectivity index (χ4n) is 3.00. The zero-order valence-corrected chi connectivity index (χ0v) is 13.8. The van der Waals surface area contributed by atoms with E-state index in [1.807, 2.05) is 0 Å². The van der Waals surface area contributed by atoms with Gasteiger partial charge in [0.25, 0.3) is 0 Å². The van der Waals surface area contributed by atoms with Gasteiger partial charge in [-0.15, -0.1) is 0 Å². The van der Waals surface area contributed by atoms with Gasteiger partial charge in [-0.25, -0.2) is 4.79 Å². The Morgan fingerprint density at radius 1 is 1.00 bits per heavy atom. The molecule has 2 saturated carbocycles. The summed E-state index contributed by atoms with van der Waals surface area (Å²) in [5.41, 5.74) is 0.613. The Morgan fingerprint density at radius 3 is 1.91 bits per heavy atom. The average molecular weight is 320 g/mol. The predicted octanol–water partition coefficient (Wildman–Crippen LogP) is 3.02. The molecule has 2 fully saturated rings.